The maximum absolute atomic E-state index is 15.1. The smallest absolute Gasteiger partial charge is 0.354 e. The topological polar surface area (TPSA) is 127 Å². The predicted molar refractivity (Wildman–Crippen MR) is 167 cm³/mol. The highest BCUT2D eigenvalue weighted by Gasteiger charge is 2.16. The third-order valence-electron chi connectivity index (χ3n) is 7.30. The van der Waals surface area contributed by atoms with Gasteiger partial charge in [0.2, 0.25) is 0 Å². The van der Waals surface area contributed by atoms with Crippen molar-refractivity contribution in [3.63, 3.8) is 0 Å². The number of aromatic amines is 1. The number of aryl methyl sites for hydroxylation is 1. The molecule has 0 unspecified atom stereocenters. The molecule has 4 rings (SSSR count). The molecular formula is C31H37ClF3N7O. The normalized spacial score (nSPS) is 12.9. The Kier molecular flexibility index (Phi) is 11.2. The van der Waals surface area contributed by atoms with Crippen molar-refractivity contribution in [1.29, 1.82) is 0 Å². The van der Waals surface area contributed by atoms with Crippen molar-refractivity contribution in [1.82, 2.24) is 19.9 Å². The third-order valence-corrected chi connectivity index (χ3v) is 7.58. The standard InChI is InChI=1S/C31H37ClF3N7O/c1-19(17-34)4-2-5-20-14-24(28(35)25(32)15-20)27-16-22-18-42(31(43)41-29(22)40-27)23-8-6-21(7-9-23)26(10-11-33)38-12-3-13-39-30(36)37/h6-9,14-16,18-19,26,38H,2-5,10-13,17H2,1H3,(H4,36,37,39)(H,40,41,43)/t19-,26+/m1/s1. The van der Waals surface area contributed by atoms with Gasteiger partial charge in [0.05, 0.1) is 29.8 Å². The third kappa shape index (κ3) is 8.39. The fourth-order valence-corrected chi connectivity index (χ4v) is 5.21. The highest BCUT2D eigenvalue weighted by molar-refractivity contribution is 6.31. The van der Waals surface area contributed by atoms with Gasteiger partial charge in [-0.2, -0.15) is 4.98 Å². The summed E-state index contributed by atoms with van der Waals surface area (Å²) >= 11 is 6.22. The predicted octanol–water partition coefficient (Wildman–Crippen LogP) is 5.76. The van der Waals surface area contributed by atoms with Crippen LogP contribution in [0.5, 0.6) is 0 Å². The monoisotopic (exact) mass is 615 g/mol. The van der Waals surface area contributed by atoms with Crippen LogP contribution in [0, 0.1) is 11.7 Å². The highest BCUT2D eigenvalue weighted by atomic mass is 35.5. The maximum atomic E-state index is 15.1. The summed E-state index contributed by atoms with van der Waals surface area (Å²) in [5, 5.41) is 3.92. The van der Waals surface area contributed by atoms with Crippen LogP contribution in [-0.2, 0) is 6.42 Å². The Morgan fingerprint density at radius 2 is 1.91 bits per heavy atom. The van der Waals surface area contributed by atoms with Gasteiger partial charge in [-0.3, -0.25) is 18.3 Å². The van der Waals surface area contributed by atoms with E-state index >= 15 is 4.39 Å². The number of aliphatic imine (C=N–C) groups is 1. The summed E-state index contributed by atoms with van der Waals surface area (Å²) in [4.78, 5) is 24.1. The van der Waals surface area contributed by atoms with Gasteiger partial charge in [0.1, 0.15) is 5.65 Å². The first-order valence-corrected chi connectivity index (χ1v) is 14.7. The minimum absolute atomic E-state index is 0.00774. The molecule has 0 fully saturated rings. The molecule has 2 aromatic heterocycles. The molecule has 4 aromatic rings. The molecule has 6 N–H and O–H groups in total. The number of benzene rings is 2. The van der Waals surface area contributed by atoms with Crippen molar-refractivity contribution in [2.75, 3.05) is 26.4 Å². The van der Waals surface area contributed by atoms with Gasteiger partial charge in [0.25, 0.3) is 0 Å². The van der Waals surface area contributed by atoms with Gasteiger partial charge in [-0.15, -0.1) is 0 Å². The van der Waals surface area contributed by atoms with Gasteiger partial charge in [-0.25, -0.2) is 9.18 Å². The summed E-state index contributed by atoms with van der Waals surface area (Å²) in [6, 6.07) is 12.1. The Labute approximate surface area is 253 Å². The number of fused-ring (bicyclic) bond motifs is 1. The summed E-state index contributed by atoms with van der Waals surface area (Å²) < 4.78 is 42.6. The van der Waals surface area contributed by atoms with E-state index in [1.807, 2.05) is 19.1 Å². The van der Waals surface area contributed by atoms with E-state index < -0.39 is 18.2 Å². The van der Waals surface area contributed by atoms with Gasteiger partial charge < -0.3 is 21.8 Å². The van der Waals surface area contributed by atoms with Gasteiger partial charge in [-0.05, 0) is 86.0 Å². The van der Waals surface area contributed by atoms with Crippen LogP contribution < -0.4 is 22.5 Å². The molecule has 8 nitrogen and oxygen atoms in total. The quantitative estimate of drug-likeness (QED) is 0.0769. The average Bonchev–Trinajstić information content (AvgIpc) is 3.40. The SMILES string of the molecule is C[C@@H](CF)CCCc1cc(Cl)c(F)c(-c2cc3cn(-c4ccc([C@H](CCF)NCCCN=C(N)N)cc4)c(=O)nc3[nH]2)c1. The Hall–Kier alpha value is -3.83. The number of hydrogen-bond donors (Lipinski definition) is 4. The second kappa shape index (κ2) is 15.1. The van der Waals surface area contributed by atoms with E-state index in [1.165, 1.54) is 4.57 Å². The summed E-state index contributed by atoms with van der Waals surface area (Å²) in [7, 11) is 0. The number of H-pyrrole nitrogens is 1. The molecule has 0 spiro atoms. The average molecular weight is 616 g/mol. The lowest BCUT2D eigenvalue weighted by atomic mass is 9.99. The number of halogens is 4. The Balaban J connectivity index is 1.55. The summed E-state index contributed by atoms with van der Waals surface area (Å²) in [5.41, 5.74) is 13.5. The van der Waals surface area contributed by atoms with Crippen molar-refractivity contribution in [3.05, 3.63) is 81.1 Å². The van der Waals surface area contributed by atoms with Gasteiger partial charge >= 0.3 is 5.69 Å². The van der Waals surface area contributed by atoms with E-state index in [9.17, 15) is 13.6 Å². The lowest BCUT2D eigenvalue weighted by molar-refractivity contribution is 0.360. The van der Waals surface area contributed by atoms with Crippen molar-refractivity contribution in [2.24, 2.45) is 22.4 Å². The van der Waals surface area contributed by atoms with Gasteiger partial charge in [-0.1, -0.05) is 30.7 Å². The molecule has 12 heteroatoms. The fraction of sp³-hybridized carbons (Fsp3) is 0.387. The van der Waals surface area contributed by atoms with Crippen LogP contribution >= 0.6 is 11.6 Å². The maximum Gasteiger partial charge on any atom is 0.354 e. The van der Waals surface area contributed by atoms with E-state index in [0.29, 0.717) is 54.8 Å². The zero-order valence-electron chi connectivity index (χ0n) is 24.1. The first kappa shape index (κ1) is 32.1. The highest BCUT2D eigenvalue weighted by Crippen LogP contribution is 2.31. The largest absolute Gasteiger partial charge is 0.370 e. The number of nitrogens with one attached hydrogen (secondary N) is 2. The molecule has 0 aliphatic rings. The minimum Gasteiger partial charge on any atom is -0.370 e. The summed E-state index contributed by atoms with van der Waals surface area (Å²) in [5.74, 6) is -0.568. The van der Waals surface area contributed by atoms with Crippen molar-refractivity contribution < 1.29 is 13.2 Å². The number of alkyl halides is 2. The first-order chi connectivity index (χ1) is 20.7. The molecule has 0 amide bonds. The Morgan fingerprint density at radius 1 is 1.14 bits per heavy atom. The molecule has 2 aromatic carbocycles. The van der Waals surface area contributed by atoms with E-state index in [1.54, 1.807) is 36.5 Å². The van der Waals surface area contributed by atoms with Gasteiger partial charge in [0, 0.05) is 29.7 Å². The van der Waals surface area contributed by atoms with Crippen LogP contribution in [0.3, 0.4) is 0 Å². The van der Waals surface area contributed by atoms with Crippen LogP contribution in [0.1, 0.15) is 49.8 Å². The van der Waals surface area contributed by atoms with Crippen molar-refractivity contribution in [2.45, 2.75) is 45.1 Å². The van der Waals surface area contributed by atoms with Crippen LogP contribution in [0.25, 0.3) is 28.0 Å². The van der Waals surface area contributed by atoms with Gasteiger partial charge in [0.15, 0.2) is 11.8 Å². The molecule has 230 valence electrons. The number of rotatable bonds is 15. The Morgan fingerprint density at radius 3 is 2.60 bits per heavy atom. The van der Waals surface area contributed by atoms with Crippen LogP contribution in [0.15, 0.2) is 58.4 Å². The number of aromatic nitrogens is 3. The number of hydrogen-bond acceptors (Lipinski definition) is 4. The van der Waals surface area contributed by atoms with Crippen LogP contribution in [-0.4, -0.2) is 46.9 Å². The van der Waals surface area contributed by atoms with E-state index in [-0.39, 0.29) is 35.2 Å². The van der Waals surface area contributed by atoms with Crippen LogP contribution in [0.4, 0.5) is 13.2 Å². The molecule has 0 saturated carbocycles. The molecule has 2 atom stereocenters. The van der Waals surface area contributed by atoms with E-state index in [2.05, 4.69) is 20.3 Å². The molecule has 0 radical (unpaired) electrons. The molecule has 0 bridgehead atoms. The lowest BCUT2D eigenvalue weighted by Crippen LogP contribution is -2.25. The first-order valence-electron chi connectivity index (χ1n) is 14.3. The number of nitrogens with two attached hydrogens (primary N) is 2. The molecule has 0 saturated heterocycles. The minimum atomic E-state index is -0.576. The fourth-order valence-electron chi connectivity index (χ4n) is 4.97. The Bertz CT molecular complexity index is 1600. The summed E-state index contributed by atoms with van der Waals surface area (Å²) in [6.45, 7) is 2.07. The van der Waals surface area contributed by atoms with Crippen LogP contribution in [0.2, 0.25) is 5.02 Å². The second-order valence-electron chi connectivity index (χ2n) is 10.7. The zero-order valence-corrected chi connectivity index (χ0v) is 24.8. The second-order valence-corrected chi connectivity index (χ2v) is 11.1. The zero-order chi connectivity index (χ0) is 30.9. The molecule has 43 heavy (non-hydrogen) atoms. The molecule has 0 aliphatic heterocycles. The number of nitrogens with zero attached hydrogens (tertiary/aromatic N) is 3. The molecule has 0 aliphatic carbocycles. The van der Waals surface area contributed by atoms with Crippen molar-refractivity contribution >= 4 is 28.6 Å². The molecule has 2 heterocycles. The molecular weight excluding hydrogens is 579 g/mol. The summed E-state index contributed by atoms with van der Waals surface area (Å²) in [6.07, 6.45) is 4.73. The van der Waals surface area contributed by atoms with E-state index in [0.717, 1.165) is 24.0 Å². The van der Waals surface area contributed by atoms with Crippen molar-refractivity contribution in [3.8, 4) is 16.9 Å². The van der Waals surface area contributed by atoms with E-state index in [4.69, 9.17) is 23.1 Å². The lowest BCUT2D eigenvalue weighted by Gasteiger charge is -2.18. The number of guanidine groups is 1.